The Morgan fingerprint density at radius 3 is 3.13 bits per heavy atom. The minimum absolute atomic E-state index is 0.0759. The highest BCUT2D eigenvalue weighted by atomic mass is 32.1. The smallest absolute Gasteiger partial charge is 0.254 e. The lowest BCUT2D eigenvalue weighted by atomic mass is 10.2. The zero-order valence-electron chi connectivity index (χ0n) is 12.3. The van der Waals surface area contributed by atoms with Crippen LogP contribution in [0.1, 0.15) is 10.4 Å². The second-order valence-electron chi connectivity index (χ2n) is 4.95. The van der Waals surface area contributed by atoms with E-state index >= 15 is 0 Å². The first-order chi connectivity index (χ1) is 11.1. The number of nitrogens with two attached hydrogens (primary N) is 1. The predicted molar refractivity (Wildman–Crippen MR) is 82.9 cm³/mol. The molecule has 2 amide bonds. The first kappa shape index (κ1) is 15.5. The number of ether oxygens (including phenoxy) is 3. The maximum atomic E-state index is 11.4. The minimum atomic E-state index is -0.603. The average molecular weight is 337 g/mol. The van der Waals surface area contributed by atoms with Crippen molar-refractivity contribution in [2.24, 2.45) is 5.73 Å². The molecule has 0 bridgehead atoms. The van der Waals surface area contributed by atoms with Gasteiger partial charge in [-0.25, -0.2) is 4.98 Å². The Hall–Kier alpha value is -2.39. The molecule has 0 radical (unpaired) electrons. The number of hydrogen-bond donors (Lipinski definition) is 2. The van der Waals surface area contributed by atoms with Crippen molar-refractivity contribution in [2.45, 2.75) is 6.04 Å². The molecule has 0 spiro atoms. The summed E-state index contributed by atoms with van der Waals surface area (Å²) >= 11 is 1.38. The van der Waals surface area contributed by atoms with Gasteiger partial charge in [0.25, 0.3) is 5.91 Å². The quantitative estimate of drug-likeness (QED) is 0.811. The molecule has 1 saturated heterocycles. The third-order valence-corrected chi connectivity index (χ3v) is 4.19. The van der Waals surface area contributed by atoms with Gasteiger partial charge in [0.2, 0.25) is 11.8 Å². The summed E-state index contributed by atoms with van der Waals surface area (Å²) in [6.07, 6.45) is 0. The number of pyridine rings is 1. The third-order valence-electron chi connectivity index (χ3n) is 3.30. The summed E-state index contributed by atoms with van der Waals surface area (Å²) in [4.78, 5) is 27.0. The lowest BCUT2D eigenvalue weighted by Gasteiger charge is -2.23. The van der Waals surface area contributed by atoms with E-state index in [-0.39, 0.29) is 36.6 Å². The molecule has 0 aliphatic carbocycles. The van der Waals surface area contributed by atoms with E-state index in [1.165, 1.54) is 18.4 Å². The third kappa shape index (κ3) is 3.20. The Morgan fingerprint density at radius 1 is 1.61 bits per heavy atom. The Morgan fingerprint density at radius 2 is 2.43 bits per heavy atom. The fourth-order valence-electron chi connectivity index (χ4n) is 2.24. The first-order valence-corrected chi connectivity index (χ1v) is 7.72. The first-order valence-electron chi connectivity index (χ1n) is 6.84. The number of hydrogen-bond acceptors (Lipinski definition) is 7. The summed E-state index contributed by atoms with van der Waals surface area (Å²) in [5.74, 6) is -0.0539. The Labute approximate surface area is 135 Å². The Balaban J connectivity index is 1.81. The Bertz CT molecular complexity index is 760. The van der Waals surface area contributed by atoms with Gasteiger partial charge in [0.1, 0.15) is 24.3 Å². The van der Waals surface area contributed by atoms with Crippen LogP contribution in [0.4, 0.5) is 0 Å². The van der Waals surface area contributed by atoms with Crippen molar-refractivity contribution in [2.75, 3.05) is 26.9 Å². The van der Waals surface area contributed by atoms with Crippen LogP contribution in [0.15, 0.2) is 11.4 Å². The van der Waals surface area contributed by atoms with Crippen LogP contribution in [0.25, 0.3) is 10.2 Å². The highest BCUT2D eigenvalue weighted by Crippen LogP contribution is 2.34. The van der Waals surface area contributed by atoms with Crippen molar-refractivity contribution in [3.8, 4) is 11.6 Å². The summed E-state index contributed by atoms with van der Waals surface area (Å²) in [6.45, 7) is 0.738. The lowest BCUT2D eigenvalue weighted by Crippen LogP contribution is -2.48. The van der Waals surface area contributed by atoms with Gasteiger partial charge in [-0.15, -0.1) is 11.3 Å². The molecule has 2 aromatic heterocycles. The molecule has 23 heavy (non-hydrogen) atoms. The number of amides is 2. The van der Waals surface area contributed by atoms with Gasteiger partial charge in [-0.1, -0.05) is 0 Å². The van der Waals surface area contributed by atoms with Gasteiger partial charge in [0.05, 0.1) is 24.5 Å². The predicted octanol–water partition coefficient (Wildman–Crippen LogP) is 0.298. The van der Waals surface area contributed by atoms with E-state index in [0.717, 1.165) is 4.70 Å². The molecule has 9 heteroatoms. The fraction of sp³-hybridized carbons (Fsp3) is 0.357. The summed E-state index contributed by atoms with van der Waals surface area (Å²) in [5.41, 5.74) is 6.12. The van der Waals surface area contributed by atoms with E-state index in [1.807, 2.05) is 0 Å². The highest BCUT2D eigenvalue weighted by Gasteiger charge is 2.21. The number of carbonyl (C=O) groups is 2. The van der Waals surface area contributed by atoms with Crippen LogP contribution in [0, 0.1) is 0 Å². The van der Waals surface area contributed by atoms with Crippen LogP contribution in [0.3, 0.4) is 0 Å². The number of nitrogens with zero attached hydrogens (tertiary/aromatic N) is 1. The van der Waals surface area contributed by atoms with E-state index in [2.05, 4.69) is 10.3 Å². The van der Waals surface area contributed by atoms with E-state index in [9.17, 15) is 9.59 Å². The van der Waals surface area contributed by atoms with Crippen LogP contribution in [-0.2, 0) is 9.53 Å². The van der Waals surface area contributed by atoms with Crippen LogP contribution < -0.4 is 20.5 Å². The molecule has 8 nitrogen and oxygen atoms in total. The maximum Gasteiger partial charge on any atom is 0.254 e. The summed E-state index contributed by atoms with van der Waals surface area (Å²) in [6, 6.07) is 1.42. The van der Waals surface area contributed by atoms with E-state index in [0.29, 0.717) is 17.9 Å². The SMILES string of the molecule is COc1nc2c(OCC3COCC(=O)N3)csc2cc1C(N)=O. The van der Waals surface area contributed by atoms with Crippen LogP contribution in [0.5, 0.6) is 11.6 Å². The number of thiophene rings is 1. The minimum Gasteiger partial charge on any atom is -0.488 e. The molecular weight excluding hydrogens is 322 g/mol. The van der Waals surface area contributed by atoms with Crippen molar-refractivity contribution in [3.63, 3.8) is 0 Å². The van der Waals surface area contributed by atoms with Gasteiger partial charge in [0, 0.05) is 5.38 Å². The molecule has 1 aliphatic heterocycles. The van der Waals surface area contributed by atoms with Crippen LogP contribution >= 0.6 is 11.3 Å². The van der Waals surface area contributed by atoms with Gasteiger partial charge in [-0.3, -0.25) is 9.59 Å². The van der Waals surface area contributed by atoms with Gasteiger partial charge in [0.15, 0.2) is 5.75 Å². The second kappa shape index (κ2) is 6.39. The maximum absolute atomic E-state index is 11.4. The molecule has 0 saturated carbocycles. The van der Waals surface area contributed by atoms with Crippen molar-refractivity contribution in [1.82, 2.24) is 10.3 Å². The van der Waals surface area contributed by atoms with E-state index in [4.69, 9.17) is 19.9 Å². The molecular formula is C14H15N3O5S. The summed E-state index contributed by atoms with van der Waals surface area (Å²) < 4.78 is 16.8. The number of nitrogens with one attached hydrogen (secondary N) is 1. The summed E-state index contributed by atoms with van der Waals surface area (Å²) in [5, 5.41) is 4.57. The molecule has 122 valence electrons. The zero-order valence-corrected chi connectivity index (χ0v) is 13.1. The molecule has 1 unspecified atom stereocenters. The van der Waals surface area contributed by atoms with Gasteiger partial charge in [-0.05, 0) is 6.07 Å². The highest BCUT2D eigenvalue weighted by molar-refractivity contribution is 7.17. The molecule has 3 N–H and O–H groups in total. The van der Waals surface area contributed by atoms with Crippen LogP contribution in [0.2, 0.25) is 0 Å². The largest absolute Gasteiger partial charge is 0.488 e. The monoisotopic (exact) mass is 337 g/mol. The van der Waals surface area contributed by atoms with Gasteiger partial charge in [-0.2, -0.15) is 0 Å². The zero-order chi connectivity index (χ0) is 16.4. The number of methoxy groups -OCH3 is 1. The molecule has 1 aliphatic rings. The topological polar surface area (TPSA) is 113 Å². The number of fused-ring (bicyclic) bond motifs is 1. The molecule has 1 fully saturated rings. The number of rotatable bonds is 5. The van der Waals surface area contributed by atoms with Gasteiger partial charge >= 0.3 is 0 Å². The molecule has 0 aromatic carbocycles. The number of primary amides is 1. The average Bonchev–Trinajstić information content (AvgIpc) is 2.93. The number of carbonyl (C=O) groups excluding carboxylic acids is 2. The standard InChI is InChI=1S/C14H15N3O5S/c1-20-14-8(13(15)19)2-10-12(17-14)9(6-23-10)22-4-7-3-21-5-11(18)16-7/h2,6-7H,3-5H2,1H3,(H2,15,19)(H,16,18). The van der Waals surface area contributed by atoms with Crippen molar-refractivity contribution in [3.05, 3.63) is 17.0 Å². The number of morpholine rings is 1. The lowest BCUT2D eigenvalue weighted by molar-refractivity contribution is -0.131. The molecule has 3 rings (SSSR count). The van der Waals surface area contributed by atoms with E-state index in [1.54, 1.807) is 11.4 Å². The van der Waals surface area contributed by atoms with E-state index < -0.39 is 5.91 Å². The number of aromatic nitrogens is 1. The van der Waals surface area contributed by atoms with Crippen molar-refractivity contribution in [1.29, 1.82) is 0 Å². The second-order valence-corrected chi connectivity index (χ2v) is 5.86. The van der Waals surface area contributed by atoms with Crippen LogP contribution in [-0.4, -0.2) is 49.8 Å². The van der Waals surface area contributed by atoms with Crippen molar-refractivity contribution < 1.29 is 23.8 Å². The van der Waals surface area contributed by atoms with Gasteiger partial charge < -0.3 is 25.3 Å². The van der Waals surface area contributed by atoms with Crippen molar-refractivity contribution >= 4 is 33.4 Å². The molecule has 1 atom stereocenters. The molecule has 2 aromatic rings. The normalized spacial score (nSPS) is 17.8. The Kier molecular flexibility index (Phi) is 4.30. The summed E-state index contributed by atoms with van der Waals surface area (Å²) in [7, 11) is 1.42. The molecule has 3 heterocycles. The fourth-order valence-corrected chi connectivity index (χ4v) is 3.09.